The number of hydrogen-bond acceptors (Lipinski definition) is 3. The van der Waals surface area contributed by atoms with E-state index in [2.05, 4.69) is 39.4 Å². The molecule has 1 aliphatic carbocycles. The van der Waals surface area contributed by atoms with E-state index in [1.54, 1.807) is 0 Å². The van der Waals surface area contributed by atoms with Crippen molar-refractivity contribution in [3.8, 4) is 0 Å². The lowest BCUT2D eigenvalue weighted by Crippen LogP contribution is -2.15. The van der Waals surface area contributed by atoms with Crippen LogP contribution in [-0.2, 0) is 22.6 Å². The topological polar surface area (TPSA) is 30.5 Å². The minimum absolute atomic E-state index is 0.302. The van der Waals surface area contributed by atoms with Gasteiger partial charge in [-0.25, -0.2) is 0 Å². The van der Waals surface area contributed by atoms with Crippen molar-refractivity contribution in [2.75, 3.05) is 13.2 Å². The van der Waals surface area contributed by atoms with Crippen LogP contribution in [0.1, 0.15) is 36.8 Å². The Bertz CT molecular complexity index is 442. The molecule has 1 saturated carbocycles. The van der Waals surface area contributed by atoms with Gasteiger partial charge in [-0.2, -0.15) is 0 Å². The van der Waals surface area contributed by atoms with Crippen molar-refractivity contribution in [1.82, 2.24) is 5.32 Å². The van der Waals surface area contributed by atoms with E-state index in [0.717, 1.165) is 30.1 Å². The van der Waals surface area contributed by atoms with E-state index in [-0.39, 0.29) is 0 Å². The molecule has 1 atom stereocenters. The fourth-order valence-electron chi connectivity index (χ4n) is 2.44. The van der Waals surface area contributed by atoms with Gasteiger partial charge in [-0.1, -0.05) is 28.1 Å². The van der Waals surface area contributed by atoms with Crippen LogP contribution in [0.5, 0.6) is 0 Å². The van der Waals surface area contributed by atoms with E-state index >= 15 is 0 Å². The maximum absolute atomic E-state index is 5.76. The molecule has 0 radical (unpaired) electrons. The van der Waals surface area contributed by atoms with Crippen molar-refractivity contribution in [3.05, 3.63) is 33.8 Å². The maximum Gasteiger partial charge on any atom is 0.0809 e. The molecule has 1 aromatic rings. The van der Waals surface area contributed by atoms with Gasteiger partial charge in [-0.05, 0) is 42.9 Å². The molecule has 3 nitrogen and oxygen atoms in total. The summed E-state index contributed by atoms with van der Waals surface area (Å²) in [6, 6.07) is 7.29. The first kappa shape index (κ1) is 14.5. The van der Waals surface area contributed by atoms with Crippen LogP contribution < -0.4 is 5.32 Å². The normalized spacial score (nSPS) is 22.4. The van der Waals surface area contributed by atoms with Gasteiger partial charge in [0.1, 0.15) is 0 Å². The summed E-state index contributed by atoms with van der Waals surface area (Å²) in [6.45, 7) is 3.20. The van der Waals surface area contributed by atoms with Gasteiger partial charge in [-0.3, -0.25) is 0 Å². The molecule has 110 valence electrons. The lowest BCUT2D eigenvalue weighted by Gasteiger charge is -2.12. The van der Waals surface area contributed by atoms with Crippen LogP contribution in [0.4, 0.5) is 0 Å². The Morgan fingerprint density at radius 3 is 2.90 bits per heavy atom. The smallest absolute Gasteiger partial charge is 0.0809 e. The monoisotopic (exact) mass is 339 g/mol. The van der Waals surface area contributed by atoms with E-state index < -0.39 is 0 Å². The lowest BCUT2D eigenvalue weighted by atomic mass is 10.1. The number of rotatable bonds is 7. The minimum Gasteiger partial charge on any atom is -0.376 e. The summed E-state index contributed by atoms with van der Waals surface area (Å²) in [4.78, 5) is 0. The highest BCUT2D eigenvalue weighted by molar-refractivity contribution is 9.10. The van der Waals surface area contributed by atoms with Crippen LogP contribution in [0.15, 0.2) is 22.7 Å². The molecule has 2 aliphatic rings. The second kappa shape index (κ2) is 7.03. The molecular weight excluding hydrogens is 318 g/mol. The first-order valence-corrected chi connectivity index (χ1v) is 8.30. The Morgan fingerprint density at radius 1 is 1.30 bits per heavy atom. The van der Waals surface area contributed by atoms with Crippen LogP contribution in [0.2, 0.25) is 0 Å². The van der Waals surface area contributed by atoms with Gasteiger partial charge in [0.25, 0.3) is 0 Å². The summed E-state index contributed by atoms with van der Waals surface area (Å²) < 4.78 is 12.5. The highest BCUT2D eigenvalue weighted by Crippen LogP contribution is 2.22. The van der Waals surface area contributed by atoms with Crippen molar-refractivity contribution < 1.29 is 9.47 Å². The SMILES string of the molecule is Brc1cc(CNC2CC2)ccc1COCC1CCCO1. The van der Waals surface area contributed by atoms with E-state index in [0.29, 0.717) is 19.3 Å². The van der Waals surface area contributed by atoms with Crippen LogP contribution in [0, 0.1) is 0 Å². The summed E-state index contributed by atoms with van der Waals surface area (Å²) >= 11 is 3.64. The molecule has 1 N–H and O–H groups in total. The Balaban J connectivity index is 1.45. The highest BCUT2D eigenvalue weighted by atomic mass is 79.9. The molecule has 3 rings (SSSR count). The molecule has 1 heterocycles. The number of hydrogen-bond donors (Lipinski definition) is 1. The predicted molar refractivity (Wildman–Crippen MR) is 82.6 cm³/mol. The second-order valence-electron chi connectivity index (χ2n) is 5.73. The fourth-order valence-corrected chi connectivity index (χ4v) is 2.98. The van der Waals surface area contributed by atoms with Crippen molar-refractivity contribution in [2.45, 2.75) is 51.0 Å². The van der Waals surface area contributed by atoms with E-state index in [1.165, 1.54) is 30.4 Å². The van der Waals surface area contributed by atoms with Gasteiger partial charge in [0.2, 0.25) is 0 Å². The Morgan fingerprint density at radius 2 is 2.20 bits per heavy atom. The zero-order valence-corrected chi connectivity index (χ0v) is 13.3. The van der Waals surface area contributed by atoms with Crippen molar-refractivity contribution >= 4 is 15.9 Å². The Labute approximate surface area is 129 Å². The van der Waals surface area contributed by atoms with Crippen LogP contribution in [0.25, 0.3) is 0 Å². The maximum atomic E-state index is 5.76. The number of halogens is 1. The van der Waals surface area contributed by atoms with E-state index in [4.69, 9.17) is 9.47 Å². The third-order valence-electron chi connectivity index (χ3n) is 3.87. The highest BCUT2D eigenvalue weighted by Gasteiger charge is 2.20. The molecule has 0 bridgehead atoms. The molecule has 2 fully saturated rings. The molecule has 1 saturated heterocycles. The Hall–Kier alpha value is -0.420. The summed E-state index contributed by atoms with van der Waals surface area (Å²) in [6.07, 6.45) is 5.26. The van der Waals surface area contributed by atoms with Crippen LogP contribution in [-0.4, -0.2) is 25.4 Å². The predicted octanol–water partition coefficient (Wildman–Crippen LogP) is 3.40. The fraction of sp³-hybridized carbons (Fsp3) is 0.625. The second-order valence-corrected chi connectivity index (χ2v) is 6.59. The third kappa shape index (κ3) is 4.29. The quantitative estimate of drug-likeness (QED) is 0.825. The minimum atomic E-state index is 0.302. The average molecular weight is 340 g/mol. The molecule has 1 aliphatic heterocycles. The molecule has 0 aromatic heterocycles. The van der Waals surface area contributed by atoms with Gasteiger partial charge < -0.3 is 14.8 Å². The summed E-state index contributed by atoms with van der Waals surface area (Å²) in [5.74, 6) is 0. The standard InChI is InChI=1S/C16H22BrNO2/c17-16-8-12(9-18-14-5-6-14)3-4-13(16)10-19-11-15-2-1-7-20-15/h3-4,8,14-15,18H,1-2,5-7,9-11H2. The molecule has 1 unspecified atom stereocenters. The van der Waals surface area contributed by atoms with Gasteiger partial charge in [0.15, 0.2) is 0 Å². The molecular formula is C16H22BrNO2. The van der Waals surface area contributed by atoms with Crippen LogP contribution in [0.3, 0.4) is 0 Å². The third-order valence-corrected chi connectivity index (χ3v) is 4.61. The number of benzene rings is 1. The lowest BCUT2D eigenvalue weighted by molar-refractivity contribution is 0.0104. The van der Waals surface area contributed by atoms with Crippen molar-refractivity contribution in [3.63, 3.8) is 0 Å². The van der Waals surface area contributed by atoms with Crippen LogP contribution >= 0.6 is 15.9 Å². The van der Waals surface area contributed by atoms with E-state index in [9.17, 15) is 0 Å². The summed E-state index contributed by atoms with van der Waals surface area (Å²) in [5.41, 5.74) is 2.53. The molecule has 4 heteroatoms. The molecule has 20 heavy (non-hydrogen) atoms. The van der Waals surface area contributed by atoms with Gasteiger partial charge in [0, 0.05) is 23.7 Å². The molecule has 0 spiro atoms. The zero-order valence-electron chi connectivity index (χ0n) is 11.7. The van der Waals surface area contributed by atoms with Gasteiger partial charge in [-0.15, -0.1) is 0 Å². The summed E-state index contributed by atoms with van der Waals surface area (Å²) in [5, 5.41) is 3.53. The zero-order chi connectivity index (χ0) is 13.8. The van der Waals surface area contributed by atoms with Crippen molar-refractivity contribution in [2.24, 2.45) is 0 Å². The number of nitrogens with one attached hydrogen (secondary N) is 1. The molecule has 1 aromatic carbocycles. The Kier molecular flexibility index (Phi) is 5.10. The summed E-state index contributed by atoms with van der Waals surface area (Å²) in [7, 11) is 0. The largest absolute Gasteiger partial charge is 0.376 e. The first-order valence-electron chi connectivity index (χ1n) is 7.51. The first-order chi connectivity index (χ1) is 9.81. The number of ether oxygens (including phenoxy) is 2. The van der Waals surface area contributed by atoms with E-state index in [1.807, 2.05) is 0 Å². The average Bonchev–Trinajstić information content (AvgIpc) is 3.14. The van der Waals surface area contributed by atoms with Gasteiger partial charge in [0.05, 0.1) is 19.3 Å². The van der Waals surface area contributed by atoms with Gasteiger partial charge >= 0.3 is 0 Å². The van der Waals surface area contributed by atoms with Crippen molar-refractivity contribution in [1.29, 1.82) is 0 Å². The molecule has 0 amide bonds.